The molecule has 0 aromatic heterocycles. The Bertz CT molecular complexity index is 1850. The van der Waals surface area contributed by atoms with Crippen LogP contribution in [0.4, 0.5) is 0 Å². The highest BCUT2D eigenvalue weighted by Crippen LogP contribution is 2.76. The first-order valence-electron chi connectivity index (χ1n) is 24.2. The standard InChI is InChI=1S/C48H77NO17/c1-22(50)49-32-36(57)35(56)27(21-63-41-38(34(55)26(52)20-62-41)66-40-37(58)33(54)25(51)19-61-40)64-39(32)65-31-12-13-45(6)28(44(31,4)5)11-14-46(7)29(45)10-9-23-24-17-43(2,3)15-16-48(24,42(59)60)30(53)18-47(23,46)8/h9,24-41,51-58H,10-21H2,1-8H3,(H,49,50)(H,59,60)/t24-,25-,26+,27-,28-,29-,30-,31+,32-,33+,34+,35-,36-,37-,38-,39+,40+,41+,45+,46-,47-,48-/m1/s1. The molecule has 66 heavy (non-hydrogen) atoms. The van der Waals surface area contributed by atoms with Gasteiger partial charge in [0, 0.05) is 6.92 Å². The number of carbonyl (C=O) groups is 2. The van der Waals surface area contributed by atoms with Crippen LogP contribution < -0.4 is 5.32 Å². The fourth-order valence-electron chi connectivity index (χ4n) is 15.0. The minimum absolute atomic E-state index is 0.0435. The topological polar surface area (TPSA) is 284 Å². The Morgan fingerprint density at radius 2 is 1.41 bits per heavy atom. The Hall–Kier alpha value is -1.88. The second kappa shape index (κ2) is 17.8. The summed E-state index contributed by atoms with van der Waals surface area (Å²) < 4.78 is 36.0. The van der Waals surface area contributed by atoms with E-state index in [4.69, 9.17) is 28.4 Å². The number of rotatable bonds is 9. The van der Waals surface area contributed by atoms with Crippen molar-refractivity contribution < 1.29 is 84.0 Å². The summed E-state index contributed by atoms with van der Waals surface area (Å²) in [5.41, 5.74) is -1.25. The molecule has 7 fully saturated rings. The lowest BCUT2D eigenvalue weighted by molar-refractivity contribution is -0.352. The minimum atomic E-state index is -1.71. The third kappa shape index (κ3) is 8.02. The van der Waals surface area contributed by atoms with Gasteiger partial charge in [0.25, 0.3) is 0 Å². The molecule has 8 aliphatic rings. The van der Waals surface area contributed by atoms with Crippen LogP contribution in [0.1, 0.15) is 113 Å². The van der Waals surface area contributed by atoms with Crippen molar-refractivity contribution in [2.45, 2.75) is 205 Å². The fraction of sp³-hybridized carbons (Fsp3) is 0.917. The van der Waals surface area contributed by atoms with E-state index < -0.39 is 127 Å². The average molecular weight is 940 g/mol. The zero-order chi connectivity index (χ0) is 48.3. The molecular formula is C48H77NO17. The molecule has 3 heterocycles. The number of carboxylic acids is 1. The highest BCUT2D eigenvalue weighted by atomic mass is 16.8. The number of aliphatic hydroxyl groups excluding tert-OH is 8. The maximum absolute atomic E-state index is 13.2. The summed E-state index contributed by atoms with van der Waals surface area (Å²) in [6, 6.07) is -1.17. The van der Waals surface area contributed by atoms with Gasteiger partial charge in [0.2, 0.25) is 5.91 Å². The van der Waals surface area contributed by atoms with E-state index in [1.54, 1.807) is 0 Å². The number of amides is 1. The van der Waals surface area contributed by atoms with Crippen molar-refractivity contribution in [3.8, 4) is 0 Å². The van der Waals surface area contributed by atoms with Gasteiger partial charge in [-0.25, -0.2) is 0 Å². The van der Waals surface area contributed by atoms with Gasteiger partial charge in [-0.1, -0.05) is 60.1 Å². The lowest BCUT2D eigenvalue weighted by Gasteiger charge is -2.71. The molecule has 3 saturated heterocycles. The molecule has 376 valence electrons. The second-order valence-corrected chi connectivity index (χ2v) is 23.5. The Balaban J connectivity index is 1.00. The molecule has 5 aliphatic carbocycles. The number of fused-ring (bicyclic) bond motifs is 7. The number of ether oxygens (including phenoxy) is 6. The van der Waals surface area contributed by atoms with Crippen LogP contribution in [0.3, 0.4) is 0 Å². The minimum Gasteiger partial charge on any atom is -0.481 e. The zero-order valence-electron chi connectivity index (χ0n) is 39.7. The van der Waals surface area contributed by atoms with E-state index in [0.29, 0.717) is 19.3 Å². The van der Waals surface area contributed by atoms with Gasteiger partial charge >= 0.3 is 5.97 Å². The number of carboxylic acid groups (broad SMARTS) is 1. The summed E-state index contributed by atoms with van der Waals surface area (Å²) in [6.07, 6.45) is -10.5. The number of allylic oxidation sites excluding steroid dienone is 2. The number of aliphatic hydroxyl groups is 8. The van der Waals surface area contributed by atoms with Crippen molar-refractivity contribution in [1.82, 2.24) is 5.32 Å². The van der Waals surface area contributed by atoms with Crippen LogP contribution in [-0.4, -0.2) is 170 Å². The molecule has 18 heteroatoms. The van der Waals surface area contributed by atoms with Gasteiger partial charge in [0.15, 0.2) is 18.9 Å². The first-order chi connectivity index (χ1) is 30.7. The fourth-order valence-corrected chi connectivity index (χ4v) is 15.0. The van der Waals surface area contributed by atoms with E-state index in [2.05, 4.69) is 59.9 Å². The van der Waals surface area contributed by atoms with Crippen LogP contribution in [-0.2, 0) is 38.0 Å². The Morgan fingerprint density at radius 3 is 2.08 bits per heavy atom. The molecule has 8 rings (SSSR count). The first-order valence-corrected chi connectivity index (χ1v) is 24.2. The van der Waals surface area contributed by atoms with E-state index in [1.165, 1.54) is 12.5 Å². The largest absolute Gasteiger partial charge is 0.481 e. The molecule has 0 spiro atoms. The van der Waals surface area contributed by atoms with Crippen LogP contribution in [0, 0.1) is 50.2 Å². The van der Waals surface area contributed by atoms with E-state index in [-0.39, 0.29) is 47.2 Å². The highest BCUT2D eigenvalue weighted by Gasteiger charge is 2.71. The summed E-state index contributed by atoms with van der Waals surface area (Å²) in [5, 5.41) is 100. The molecule has 0 aromatic carbocycles. The lowest BCUT2D eigenvalue weighted by Crippen LogP contribution is -2.68. The van der Waals surface area contributed by atoms with Crippen LogP contribution in [0.2, 0.25) is 0 Å². The molecule has 0 bridgehead atoms. The quantitative estimate of drug-likeness (QED) is 0.114. The molecule has 18 nitrogen and oxygen atoms in total. The summed E-state index contributed by atoms with van der Waals surface area (Å²) in [5.74, 6) is -1.21. The molecule has 4 saturated carbocycles. The van der Waals surface area contributed by atoms with Crippen molar-refractivity contribution in [3.05, 3.63) is 11.6 Å². The van der Waals surface area contributed by atoms with E-state index in [0.717, 1.165) is 38.5 Å². The van der Waals surface area contributed by atoms with Crippen molar-refractivity contribution in [2.24, 2.45) is 50.2 Å². The maximum atomic E-state index is 13.2. The number of carbonyl (C=O) groups excluding carboxylic acids is 1. The predicted octanol–water partition coefficient (Wildman–Crippen LogP) is 1.10. The zero-order valence-corrected chi connectivity index (χ0v) is 39.7. The van der Waals surface area contributed by atoms with Crippen molar-refractivity contribution in [1.29, 1.82) is 0 Å². The Kier molecular flexibility index (Phi) is 13.6. The van der Waals surface area contributed by atoms with Gasteiger partial charge in [-0.3, -0.25) is 9.59 Å². The second-order valence-electron chi connectivity index (χ2n) is 23.5. The summed E-state index contributed by atoms with van der Waals surface area (Å²) in [4.78, 5) is 25.7. The van der Waals surface area contributed by atoms with E-state index >= 15 is 0 Å². The van der Waals surface area contributed by atoms with Crippen molar-refractivity contribution in [3.63, 3.8) is 0 Å². The van der Waals surface area contributed by atoms with Gasteiger partial charge < -0.3 is 79.7 Å². The molecule has 10 N–H and O–H groups in total. The third-order valence-electron chi connectivity index (χ3n) is 19.0. The Labute approximate surface area is 387 Å². The van der Waals surface area contributed by atoms with E-state index in [1.807, 2.05) is 0 Å². The molecule has 0 radical (unpaired) electrons. The van der Waals surface area contributed by atoms with Crippen LogP contribution in [0.25, 0.3) is 0 Å². The number of nitrogens with one attached hydrogen (secondary N) is 1. The number of aliphatic carboxylic acids is 1. The van der Waals surface area contributed by atoms with Gasteiger partial charge in [0.1, 0.15) is 66.4 Å². The molecule has 3 aliphatic heterocycles. The van der Waals surface area contributed by atoms with Crippen LogP contribution in [0.15, 0.2) is 11.6 Å². The average Bonchev–Trinajstić information content (AvgIpc) is 3.23. The summed E-state index contributed by atoms with van der Waals surface area (Å²) >= 11 is 0. The molecule has 1 amide bonds. The van der Waals surface area contributed by atoms with Gasteiger partial charge in [0.05, 0.1) is 32.0 Å². The molecule has 0 unspecified atom stereocenters. The highest BCUT2D eigenvalue weighted by molar-refractivity contribution is 5.77. The number of hydrogen-bond acceptors (Lipinski definition) is 16. The SMILES string of the molecule is CC(=O)N[C@H]1[C@H](O[C@H]2CC[C@@]3(C)[C@H](CC[C@]4(C)[C@@H]3CC=C3[C@H]5CC(C)(C)CC[C@]5(C(=O)O)[C@H](O)C[C@]34C)C2(C)C)O[C@H](CO[C@@H]2OC[C@H](O)[C@H](O)[C@H]2O[C@@H]2OC[C@@H](O)[C@H](O)[C@H]2O)[C@@H](O)[C@@H]1O. The van der Waals surface area contributed by atoms with Gasteiger partial charge in [-0.05, 0) is 103 Å². The first kappa shape index (κ1) is 50.5. The van der Waals surface area contributed by atoms with Gasteiger partial charge in [-0.2, -0.15) is 0 Å². The smallest absolute Gasteiger partial charge is 0.312 e. The van der Waals surface area contributed by atoms with E-state index in [9.17, 15) is 55.5 Å². The van der Waals surface area contributed by atoms with Crippen LogP contribution in [0.5, 0.6) is 0 Å². The normalized spacial score (nSPS) is 52.1. The maximum Gasteiger partial charge on any atom is 0.312 e. The lowest BCUT2D eigenvalue weighted by atomic mass is 9.33. The van der Waals surface area contributed by atoms with Gasteiger partial charge in [-0.15, -0.1) is 0 Å². The van der Waals surface area contributed by atoms with Crippen molar-refractivity contribution >= 4 is 11.9 Å². The monoisotopic (exact) mass is 940 g/mol. The predicted molar refractivity (Wildman–Crippen MR) is 232 cm³/mol. The molecule has 22 atom stereocenters. The Morgan fingerprint density at radius 1 is 0.742 bits per heavy atom. The number of hydrogen-bond donors (Lipinski definition) is 10. The van der Waals surface area contributed by atoms with Crippen molar-refractivity contribution in [2.75, 3.05) is 19.8 Å². The van der Waals surface area contributed by atoms with Crippen LogP contribution >= 0.6 is 0 Å². The molecule has 0 aromatic rings. The summed E-state index contributed by atoms with van der Waals surface area (Å²) in [6.45, 7) is 16.0. The third-order valence-corrected chi connectivity index (χ3v) is 19.0. The summed E-state index contributed by atoms with van der Waals surface area (Å²) in [7, 11) is 0. The molecular weight excluding hydrogens is 863 g/mol.